The quantitative estimate of drug-likeness (QED) is 0.806. The molecule has 1 N–H and O–H groups in total. The van der Waals surface area contributed by atoms with Gasteiger partial charge in [0, 0.05) is 19.5 Å². The maximum Gasteiger partial charge on any atom is 0.306 e. The Labute approximate surface area is 102 Å². The molecule has 0 bridgehead atoms. The van der Waals surface area contributed by atoms with E-state index in [1.54, 1.807) is 4.90 Å². The number of hydrogen-bond acceptors (Lipinski definition) is 3. The summed E-state index contributed by atoms with van der Waals surface area (Å²) in [6.45, 7) is 7.42. The van der Waals surface area contributed by atoms with E-state index in [1.165, 1.54) is 0 Å². The van der Waals surface area contributed by atoms with Gasteiger partial charge in [-0.2, -0.15) is 0 Å². The minimum Gasteiger partial charge on any atom is -0.481 e. The fourth-order valence-corrected chi connectivity index (χ4v) is 1.83. The van der Waals surface area contributed by atoms with Crippen LogP contribution in [-0.2, 0) is 14.3 Å². The highest BCUT2D eigenvalue weighted by Gasteiger charge is 2.27. The predicted molar refractivity (Wildman–Crippen MR) is 62.6 cm³/mol. The molecule has 1 unspecified atom stereocenters. The third-order valence-electron chi connectivity index (χ3n) is 2.58. The van der Waals surface area contributed by atoms with Crippen LogP contribution in [0.25, 0.3) is 0 Å². The summed E-state index contributed by atoms with van der Waals surface area (Å²) in [5, 5.41) is 8.69. The minimum atomic E-state index is -0.889. The summed E-state index contributed by atoms with van der Waals surface area (Å²) in [5.41, 5.74) is -0.0440. The Morgan fingerprint density at radius 1 is 1.41 bits per heavy atom. The first-order valence-corrected chi connectivity index (χ1v) is 5.89. The summed E-state index contributed by atoms with van der Waals surface area (Å²) in [5.74, 6) is -0.809. The number of ether oxygens (including phenoxy) is 1. The summed E-state index contributed by atoms with van der Waals surface area (Å²) in [6.07, 6.45) is 0.0664. The van der Waals surface area contributed by atoms with Crippen LogP contribution in [-0.4, -0.2) is 47.7 Å². The molecular weight excluding hydrogens is 222 g/mol. The molecule has 1 heterocycles. The Balaban J connectivity index is 2.49. The Hall–Kier alpha value is -1.10. The van der Waals surface area contributed by atoms with Crippen molar-refractivity contribution in [2.24, 2.45) is 5.41 Å². The van der Waals surface area contributed by atoms with Crippen LogP contribution in [0.2, 0.25) is 0 Å². The summed E-state index contributed by atoms with van der Waals surface area (Å²) in [7, 11) is 0. The number of nitrogens with zero attached hydrogens (tertiary/aromatic N) is 1. The molecule has 0 aromatic carbocycles. The maximum atomic E-state index is 12.0. The van der Waals surface area contributed by atoms with Gasteiger partial charge in [0.25, 0.3) is 0 Å². The number of carboxylic acid groups (broad SMARTS) is 1. The molecule has 1 rings (SSSR count). The van der Waals surface area contributed by atoms with E-state index in [2.05, 4.69) is 0 Å². The Morgan fingerprint density at radius 2 is 2.06 bits per heavy atom. The summed E-state index contributed by atoms with van der Waals surface area (Å²) in [6, 6.07) is 0. The number of aliphatic carboxylic acids is 1. The third kappa shape index (κ3) is 5.17. The smallest absolute Gasteiger partial charge is 0.306 e. The molecule has 0 saturated carbocycles. The maximum absolute atomic E-state index is 12.0. The number of carbonyl (C=O) groups is 2. The molecule has 1 fully saturated rings. The fraction of sp³-hybridized carbons (Fsp3) is 0.833. The standard InChI is InChI=1S/C12H21NO4/c1-12(2,3)7-10(14)13-4-5-17-9(8-13)6-11(15)16/h9H,4-8H2,1-3H3,(H,15,16). The molecule has 1 aliphatic rings. The van der Waals surface area contributed by atoms with Crippen molar-refractivity contribution in [3.63, 3.8) is 0 Å². The van der Waals surface area contributed by atoms with Crippen molar-refractivity contribution in [3.8, 4) is 0 Å². The number of carboxylic acids is 1. The zero-order valence-corrected chi connectivity index (χ0v) is 10.7. The van der Waals surface area contributed by atoms with E-state index < -0.39 is 5.97 Å². The van der Waals surface area contributed by atoms with Crippen molar-refractivity contribution >= 4 is 11.9 Å². The lowest BCUT2D eigenvalue weighted by Gasteiger charge is -2.34. The average Bonchev–Trinajstić information content (AvgIpc) is 2.14. The number of rotatable bonds is 3. The monoisotopic (exact) mass is 243 g/mol. The summed E-state index contributed by atoms with van der Waals surface area (Å²) >= 11 is 0. The zero-order valence-electron chi connectivity index (χ0n) is 10.7. The number of amides is 1. The van der Waals surface area contributed by atoms with Crippen LogP contribution in [0, 0.1) is 5.41 Å². The van der Waals surface area contributed by atoms with Crippen LogP contribution in [0.5, 0.6) is 0 Å². The lowest BCUT2D eigenvalue weighted by molar-refractivity contribution is -0.148. The molecule has 0 aliphatic carbocycles. The zero-order chi connectivity index (χ0) is 13.1. The normalized spacial score (nSPS) is 21.4. The molecule has 0 spiro atoms. The van der Waals surface area contributed by atoms with Gasteiger partial charge >= 0.3 is 5.97 Å². The van der Waals surface area contributed by atoms with Crippen LogP contribution < -0.4 is 0 Å². The predicted octanol–water partition coefficient (Wildman–Crippen LogP) is 1.12. The second-order valence-electron chi connectivity index (χ2n) is 5.67. The SMILES string of the molecule is CC(C)(C)CC(=O)N1CCOC(CC(=O)O)C1. The lowest BCUT2D eigenvalue weighted by atomic mass is 9.91. The van der Waals surface area contributed by atoms with Gasteiger partial charge in [-0.25, -0.2) is 0 Å². The Kier molecular flexibility index (Phi) is 4.51. The average molecular weight is 243 g/mol. The minimum absolute atomic E-state index is 0.0424. The fourth-order valence-electron chi connectivity index (χ4n) is 1.83. The van der Waals surface area contributed by atoms with E-state index in [1.807, 2.05) is 20.8 Å². The third-order valence-corrected chi connectivity index (χ3v) is 2.58. The van der Waals surface area contributed by atoms with Gasteiger partial charge in [-0.05, 0) is 5.41 Å². The van der Waals surface area contributed by atoms with E-state index >= 15 is 0 Å². The van der Waals surface area contributed by atoms with Crippen LogP contribution in [0.1, 0.15) is 33.6 Å². The van der Waals surface area contributed by atoms with Crippen LogP contribution in [0.3, 0.4) is 0 Å². The molecule has 1 amide bonds. The summed E-state index contributed by atoms with van der Waals surface area (Å²) in [4.78, 5) is 24.3. The molecule has 98 valence electrons. The van der Waals surface area contributed by atoms with Gasteiger partial charge in [-0.3, -0.25) is 9.59 Å². The molecule has 5 nitrogen and oxygen atoms in total. The molecule has 0 aromatic rings. The van der Waals surface area contributed by atoms with Crippen molar-refractivity contribution in [1.82, 2.24) is 4.90 Å². The molecular formula is C12H21NO4. The van der Waals surface area contributed by atoms with Crippen molar-refractivity contribution in [3.05, 3.63) is 0 Å². The molecule has 1 aliphatic heterocycles. The molecule has 0 radical (unpaired) electrons. The van der Waals surface area contributed by atoms with Gasteiger partial charge in [-0.15, -0.1) is 0 Å². The first-order valence-electron chi connectivity index (χ1n) is 5.89. The van der Waals surface area contributed by atoms with Gasteiger partial charge in [0.2, 0.25) is 5.91 Å². The van der Waals surface area contributed by atoms with Crippen molar-refractivity contribution in [2.75, 3.05) is 19.7 Å². The Morgan fingerprint density at radius 3 is 2.59 bits per heavy atom. The molecule has 0 aromatic heterocycles. The van der Waals surface area contributed by atoms with Crippen molar-refractivity contribution < 1.29 is 19.4 Å². The highest BCUT2D eigenvalue weighted by atomic mass is 16.5. The van der Waals surface area contributed by atoms with Gasteiger partial charge in [0.15, 0.2) is 0 Å². The molecule has 17 heavy (non-hydrogen) atoms. The first-order chi connectivity index (χ1) is 7.78. The van der Waals surface area contributed by atoms with E-state index in [-0.39, 0.29) is 23.8 Å². The topological polar surface area (TPSA) is 66.8 Å². The second-order valence-corrected chi connectivity index (χ2v) is 5.67. The molecule has 5 heteroatoms. The van der Waals surface area contributed by atoms with E-state index in [9.17, 15) is 9.59 Å². The largest absolute Gasteiger partial charge is 0.481 e. The lowest BCUT2D eigenvalue weighted by Crippen LogP contribution is -2.47. The van der Waals surface area contributed by atoms with Crippen LogP contribution in [0.15, 0.2) is 0 Å². The van der Waals surface area contributed by atoms with Crippen LogP contribution >= 0.6 is 0 Å². The highest BCUT2D eigenvalue weighted by Crippen LogP contribution is 2.21. The Bertz CT molecular complexity index is 295. The van der Waals surface area contributed by atoms with E-state index in [0.717, 1.165) is 0 Å². The van der Waals surface area contributed by atoms with Crippen molar-refractivity contribution in [2.45, 2.75) is 39.7 Å². The first kappa shape index (κ1) is 14.0. The van der Waals surface area contributed by atoms with Gasteiger partial charge in [0.1, 0.15) is 0 Å². The molecule has 1 atom stereocenters. The number of hydrogen-bond donors (Lipinski definition) is 1. The van der Waals surface area contributed by atoms with Gasteiger partial charge in [0.05, 0.1) is 19.1 Å². The molecule has 1 saturated heterocycles. The van der Waals surface area contributed by atoms with Gasteiger partial charge < -0.3 is 14.7 Å². The highest BCUT2D eigenvalue weighted by molar-refractivity contribution is 5.77. The van der Waals surface area contributed by atoms with E-state index in [0.29, 0.717) is 26.1 Å². The van der Waals surface area contributed by atoms with Crippen molar-refractivity contribution in [1.29, 1.82) is 0 Å². The number of carbonyl (C=O) groups excluding carboxylic acids is 1. The van der Waals surface area contributed by atoms with Gasteiger partial charge in [-0.1, -0.05) is 20.8 Å². The van der Waals surface area contributed by atoms with Crippen LogP contribution in [0.4, 0.5) is 0 Å². The second kappa shape index (κ2) is 5.49. The number of morpholine rings is 1. The van der Waals surface area contributed by atoms with E-state index in [4.69, 9.17) is 9.84 Å². The summed E-state index contributed by atoms with van der Waals surface area (Å²) < 4.78 is 5.32.